The second kappa shape index (κ2) is 4.62. The molecule has 1 saturated carbocycles. The van der Waals surface area contributed by atoms with Crippen molar-refractivity contribution in [2.75, 3.05) is 0 Å². The van der Waals surface area contributed by atoms with Gasteiger partial charge in [-0.15, -0.1) is 0 Å². The van der Waals surface area contributed by atoms with E-state index in [0.717, 1.165) is 31.2 Å². The minimum atomic E-state index is -1.24. The molecule has 0 bridgehead atoms. The van der Waals surface area contributed by atoms with Crippen LogP contribution in [0.1, 0.15) is 56.1 Å². The van der Waals surface area contributed by atoms with Gasteiger partial charge in [0.1, 0.15) is 5.75 Å². The van der Waals surface area contributed by atoms with E-state index < -0.39 is 11.6 Å². The zero-order chi connectivity index (χ0) is 14.3. The minimum absolute atomic E-state index is 0.0499. The van der Waals surface area contributed by atoms with Gasteiger partial charge in [-0.05, 0) is 24.5 Å². The van der Waals surface area contributed by atoms with Gasteiger partial charge in [0.25, 0.3) is 0 Å². The van der Waals surface area contributed by atoms with Crippen LogP contribution in [0.5, 0.6) is 5.75 Å². The van der Waals surface area contributed by atoms with E-state index in [-0.39, 0.29) is 17.5 Å². The van der Waals surface area contributed by atoms with E-state index in [4.69, 9.17) is 4.74 Å². The molecule has 0 radical (unpaired) electrons. The Balaban J connectivity index is 2.15. The Hall–Kier alpha value is -1.84. The fourth-order valence-electron chi connectivity index (χ4n) is 3.66. The van der Waals surface area contributed by atoms with Gasteiger partial charge in [-0.1, -0.05) is 25.0 Å². The molecule has 3 rings (SSSR count). The van der Waals surface area contributed by atoms with Crippen molar-refractivity contribution in [2.24, 2.45) is 0 Å². The van der Waals surface area contributed by atoms with Gasteiger partial charge >= 0.3 is 5.97 Å². The van der Waals surface area contributed by atoms with Gasteiger partial charge in [0.15, 0.2) is 5.78 Å². The summed E-state index contributed by atoms with van der Waals surface area (Å²) in [5.41, 5.74) is 0.209. The lowest BCUT2D eigenvalue weighted by atomic mass is 9.58. The highest BCUT2D eigenvalue weighted by molar-refractivity contribution is 5.96. The first kappa shape index (κ1) is 13.2. The number of ether oxygens (including phenoxy) is 1. The molecular weight excluding hydrogens is 256 g/mol. The summed E-state index contributed by atoms with van der Waals surface area (Å²) < 4.78 is 5.48. The molecule has 1 fully saturated rings. The third-order valence-electron chi connectivity index (χ3n) is 4.43. The van der Waals surface area contributed by atoms with Gasteiger partial charge in [-0.25, -0.2) is 0 Å². The minimum Gasteiger partial charge on any atom is -0.507 e. The maximum atomic E-state index is 12.6. The number of hydrogen-bond donors (Lipinski definition) is 1. The Morgan fingerprint density at radius 2 is 2.15 bits per heavy atom. The lowest BCUT2D eigenvalue weighted by molar-refractivity contribution is -0.176. The Labute approximate surface area is 117 Å². The summed E-state index contributed by atoms with van der Waals surface area (Å²) in [6.45, 7) is 1.32. The van der Waals surface area contributed by atoms with Crippen molar-refractivity contribution in [2.45, 2.75) is 50.5 Å². The molecule has 2 aliphatic rings. The van der Waals surface area contributed by atoms with Crippen LogP contribution in [-0.2, 0) is 19.9 Å². The molecule has 2 unspecified atom stereocenters. The molecule has 0 saturated heterocycles. The Morgan fingerprint density at radius 1 is 1.35 bits per heavy atom. The van der Waals surface area contributed by atoms with Crippen LogP contribution in [-0.4, -0.2) is 16.9 Å². The zero-order valence-corrected chi connectivity index (χ0v) is 11.5. The smallest absolute Gasteiger partial charge is 0.303 e. The number of rotatable bonds is 1. The number of phenols is 1. The van der Waals surface area contributed by atoms with Crippen molar-refractivity contribution in [1.29, 1.82) is 0 Å². The summed E-state index contributed by atoms with van der Waals surface area (Å²) in [6, 6.07) is 5.23. The van der Waals surface area contributed by atoms with Gasteiger partial charge in [0, 0.05) is 24.8 Å². The van der Waals surface area contributed by atoms with Gasteiger partial charge in [0.2, 0.25) is 5.60 Å². The van der Waals surface area contributed by atoms with Crippen LogP contribution in [0.25, 0.3) is 0 Å². The summed E-state index contributed by atoms with van der Waals surface area (Å²) in [6.07, 6.45) is 4.06. The van der Waals surface area contributed by atoms with Crippen LogP contribution in [0.2, 0.25) is 0 Å². The van der Waals surface area contributed by atoms with E-state index in [0.29, 0.717) is 12.0 Å². The second-order valence-electron chi connectivity index (χ2n) is 5.65. The Kier molecular flexibility index (Phi) is 3.04. The van der Waals surface area contributed by atoms with Crippen molar-refractivity contribution < 1.29 is 19.4 Å². The topological polar surface area (TPSA) is 63.6 Å². The largest absolute Gasteiger partial charge is 0.507 e. The highest BCUT2D eigenvalue weighted by Gasteiger charge is 2.60. The van der Waals surface area contributed by atoms with E-state index in [1.54, 1.807) is 12.1 Å². The van der Waals surface area contributed by atoms with Crippen molar-refractivity contribution in [3.8, 4) is 5.75 Å². The van der Waals surface area contributed by atoms with Crippen LogP contribution >= 0.6 is 0 Å². The molecule has 0 aromatic heterocycles. The average Bonchev–Trinajstić information content (AvgIpc) is 2.38. The first-order valence-corrected chi connectivity index (χ1v) is 7.12. The maximum Gasteiger partial charge on any atom is 0.303 e. The van der Waals surface area contributed by atoms with Crippen molar-refractivity contribution in [3.63, 3.8) is 0 Å². The summed E-state index contributed by atoms with van der Waals surface area (Å²) in [7, 11) is 0. The number of esters is 1. The molecule has 0 aliphatic heterocycles. The Bertz CT molecular complexity index is 578. The highest BCUT2D eigenvalue weighted by Crippen LogP contribution is 2.59. The van der Waals surface area contributed by atoms with E-state index in [1.807, 2.05) is 6.07 Å². The van der Waals surface area contributed by atoms with E-state index in [2.05, 4.69) is 0 Å². The predicted molar refractivity (Wildman–Crippen MR) is 72.4 cm³/mol. The quantitative estimate of drug-likeness (QED) is 0.800. The summed E-state index contributed by atoms with van der Waals surface area (Å²) in [5, 5.41) is 10.1. The summed E-state index contributed by atoms with van der Waals surface area (Å²) >= 11 is 0. The molecule has 1 aromatic carbocycles. The molecule has 1 aromatic rings. The molecule has 4 heteroatoms. The number of aromatic hydroxyl groups is 1. The highest BCUT2D eigenvalue weighted by atomic mass is 16.6. The van der Waals surface area contributed by atoms with Crippen molar-refractivity contribution in [1.82, 2.24) is 0 Å². The van der Waals surface area contributed by atoms with Gasteiger partial charge in [-0.3, -0.25) is 9.59 Å². The number of hydrogen-bond acceptors (Lipinski definition) is 4. The predicted octanol–water partition coefficient (Wildman–Crippen LogP) is 2.78. The van der Waals surface area contributed by atoms with Crippen molar-refractivity contribution >= 4 is 11.8 Å². The standard InChI is InChI=1S/C16H18O4/c1-10(17)20-16-12(7-3-2-4-9-14(16)19)11-6-5-8-13(18)15(11)16/h5-6,8,12,18H,2-4,7,9H2,1H3. The van der Waals surface area contributed by atoms with E-state index in [1.165, 1.54) is 6.92 Å². The fraction of sp³-hybridized carbons (Fsp3) is 0.500. The molecule has 106 valence electrons. The molecule has 2 aliphatic carbocycles. The van der Waals surface area contributed by atoms with Crippen LogP contribution in [0.4, 0.5) is 0 Å². The molecule has 2 atom stereocenters. The number of benzene rings is 1. The van der Waals surface area contributed by atoms with Crippen LogP contribution in [0.3, 0.4) is 0 Å². The number of carbonyl (C=O) groups excluding carboxylic acids is 2. The lowest BCUT2D eigenvalue weighted by Gasteiger charge is -2.49. The second-order valence-corrected chi connectivity index (χ2v) is 5.65. The molecule has 0 spiro atoms. The van der Waals surface area contributed by atoms with Gasteiger partial charge in [-0.2, -0.15) is 0 Å². The van der Waals surface area contributed by atoms with Gasteiger partial charge < -0.3 is 9.84 Å². The average molecular weight is 274 g/mol. The number of carbonyl (C=O) groups is 2. The first-order chi connectivity index (χ1) is 9.57. The molecule has 4 nitrogen and oxygen atoms in total. The van der Waals surface area contributed by atoms with E-state index >= 15 is 0 Å². The molecule has 20 heavy (non-hydrogen) atoms. The molecule has 1 N–H and O–H groups in total. The number of Topliss-reactive ketones (excluding diaryl/α,β-unsaturated/α-hetero) is 1. The third kappa shape index (κ3) is 1.67. The first-order valence-electron chi connectivity index (χ1n) is 7.12. The van der Waals surface area contributed by atoms with Crippen molar-refractivity contribution in [3.05, 3.63) is 29.3 Å². The number of phenolic OH excluding ortho intramolecular Hbond substituents is 1. The SMILES string of the molecule is CC(=O)OC12C(=O)CCCCCC1c1cccc(O)c12. The van der Waals surface area contributed by atoms with Gasteiger partial charge in [0.05, 0.1) is 0 Å². The molecule has 0 heterocycles. The van der Waals surface area contributed by atoms with Crippen LogP contribution in [0.15, 0.2) is 18.2 Å². The summed E-state index contributed by atoms with van der Waals surface area (Å²) in [4.78, 5) is 24.1. The summed E-state index contributed by atoms with van der Waals surface area (Å²) in [5.74, 6) is -0.612. The molecule has 0 amide bonds. The molecular formula is C16H18O4. The monoisotopic (exact) mass is 274 g/mol. The lowest BCUT2D eigenvalue weighted by Crippen LogP contribution is -2.53. The third-order valence-corrected chi connectivity index (χ3v) is 4.43. The number of fused-ring (bicyclic) bond motifs is 4. The van der Waals surface area contributed by atoms with Crippen LogP contribution in [0, 0.1) is 0 Å². The normalized spacial score (nSPS) is 28.4. The number of ketones is 1. The zero-order valence-electron chi connectivity index (χ0n) is 11.5. The fourth-order valence-corrected chi connectivity index (χ4v) is 3.66. The Morgan fingerprint density at radius 3 is 2.90 bits per heavy atom. The van der Waals surface area contributed by atoms with Crippen LogP contribution < -0.4 is 0 Å². The maximum absolute atomic E-state index is 12.6. The van der Waals surface area contributed by atoms with E-state index in [9.17, 15) is 14.7 Å².